The number of anilines is 1. The molecule has 7 heteroatoms. The summed E-state index contributed by atoms with van der Waals surface area (Å²) in [4.78, 5) is 11.5. The van der Waals surface area contributed by atoms with E-state index in [9.17, 15) is 13.2 Å². The fourth-order valence-electron chi connectivity index (χ4n) is 1.49. The van der Waals surface area contributed by atoms with Crippen molar-refractivity contribution in [2.75, 3.05) is 17.7 Å². The third-order valence-electron chi connectivity index (χ3n) is 2.59. The van der Waals surface area contributed by atoms with Crippen molar-refractivity contribution < 1.29 is 13.2 Å². The van der Waals surface area contributed by atoms with Gasteiger partial charge in [0.1, 0.15) is 0 Å². The highest BCUT2D eigenvalue weighted by Gasteiger charge is 2.13. The van der Waals surface area contributed by atoms with Gasteiger partial charge in [0.05, 0.1) is 4.90 Å². The maximum Gasteiger partial charge on any atom is 0.240 e. The molecule has 0 fully saturated rings. The maximum atomic E-state index is 11.9. The van der Waals surface area contributed by atoms with Gasteiger partial charge in [-0.2, -0.15) is 0 Å². The van der Waals surface area contributed by atoms with Crippen LogP contribution in [0.4, 0.5) is 5.69 Å². The molecule has 0 aliphatic rings. The van der Waals surface area contributed by atoms with Crippen molar-refractivity contribution in [3.63, 3.8) is 0 Å². The van der Waals surface area contributed by atoms with Crippen LogP contribution in [0.25, 0.3) is 0 Å². The number of rotatable bonds is 8. The van der Waals surface area contributed by atoms with E-state index in [0.717, 1.165) is 12.8 Å². The molecule has 112 valence electrons. The predicted octanol–water partition coefficient (Wildman–Crippen LogP) is 2.33. The molecule has 0 aromatic heterocycles. The molecule has 2 N–H and O–H groups in total. The van der Waals surface area contributed by atoms with E-state index in [-0.39, 0.29) is 23.1 Å². The van der Waals surface area contributed by atoms with E-state index in [4.69, 9.17) is 11.6 Å². The monoisotopic (exact) mass is 318 g/mol. The molecule has 0 radical (unpaired) electrons. The lowest BCUT2D eigenvalue weighted by Gasteiger charge is -2.08. The van der Waals surface area contributed by atoms with Crippen molar-refractivity contribution >= 4 is 33.2 Å². The molecule has 20 heavy (non-hydrogen) atoms. The molecule has 1 aromatic rings. The number of hydrogen-bond donors (Lipinski definition) is 2. The Morgan fingerprint density at radius 2 is 1.90 bits per heavy atom. The molecule has 0 aliphatic carbocycles. The number of carbonyl (C=O) groups excluding carboxylic acids is 1. The van der Waals surface area contributed by atoms with E-state index in [2.05, 4.69) is 10.0 Å². The van der Waals surface area contributed by atoms with Crippen LogP contribution in [0.1, 0.15) is 26.2 Å². The first kappa shape index (κ1) is 16.9. The van der Waals surface area contributed by atoms with Gasteiger partial charge in [-0.25, -0.2) is 13.1 Å². The predicted molar refractivity (Wildman–Crippen MR) is 80.5 cm³/mol. The minimum atomic E-state index is -3.47. The van der Waals surface area contributed by atoms with E-state index >= 15 is 0 Å². The zero-order valence-corrected chi connectivity index (χ0v) is 12.9. The second kappa shape index (κ2) is 8.24. The Balaban J connectivity index is 2.68. The first-order valence-electron chi connectivity index (χ1n) is 6.45. The number of carbonyl (C=O) groups is 1. The number of nitrogens with one attached hydrogen (secondary N) is 2. The Bertz CT molecular complexity index is 529. The summed E-state index contributed by atoms with van der Waals surface area (Å²) in [6.45, 7) is 2.42. The Hall–Kier alpha value is -1.11. The molecule has 0 heterocycles. The number of amides is 1. The van der Waals surface area contributed by atoms with Crippen LogP contribution in [0.15, 0.2) is 29.2 Å². The fourth-order valence-corrected chi connectivity index (χ4v) is 2.74. The highest BCUT2D eigenvalue weighted by Crippen LogP contribution is 2.14. The molecular formula is C13H19ClN2O3S. The number of sulfonamides is 1. The third-order valence-corrected chi connectivity index (χ3v) is 4.26. The largest absolute Gasteiger partial charge is 0.326 e. The molecule has 0 saturated carbocycles. The summed E-state index contributed by atoms with van der Waals surface area (Å²) in [5.74, 6) is 0.0521. The van der Waals surface area contributed by atoms with Gasteiger partial charge in [-0.05, 0) is 30.7 Å². The average Bonchev–Trinajstić information content (AvgIpc) is 2.39. The Morgan fingerprint density at radius 1 is 1.25 bits per heavy atom. The van der Waals surface area contributed by atoms with Crippen LogP contribution in [0.5, 0.6) is 0 Å². The molecule has 1 aromatic carbocycles. The Morgan fingerprint density at radius 3 is 2.45 bits per heavy atom. The number of alkyl halides is 1. The molecule has 0 aliphatic heterocycles. The van der Waals surface area contributed by atoms with E-state index < -0.39 is 10.0 Å². The lowest BCUT2D eigenvalue weighted by Crippen LogP contribution is -2.24. The highest BCUT2D eigenvalue weighted by molar-refractivity contribution is 7.89. The maximum absolute atomic E-state index is 11.9. The SMILES string of the molecule is CCCCNS(=O)(=O)c1ccc(NC(=O)CCCl)cc1. The zero-order chi connectivity index (χ0) is 15.0. The van der Waals surface area contributed by atoms with Crippen LogP contribution in [0, 0.1) is 0 Å². The standard InChI is InChI=1S/C13H19ClN2O3S/c1-2-3-10-15-20(18,19)12-6-4-11(5-7-12)16-13(17)8-9-14/h4-7,15H,2-3,8-10H2,1H3,(H,16,17). The normalized spacial score (nSPS) is 11.3. The van der Waals surface area contributed by atoms with Crippen LogP contribution in [0.2, 0.25) is 0 Å². The summed E-state index contributed by atoms with van der Waals surface area (Å²) >= 11 is 5.46. The molecule has 0 atom stereocenters. The zero-order valence-electron chi connectivity index (χ0n) is 11.4. The quantitative estimate of drug-likeness (QED) is 0.570. The summed E-state index contributed by atoms with van der Waals surface area (Å²) in [6.07, 6.45) is 1.94. The van der Waals surface area contributed by atoms with Crippen LogP contribution < -0.4 is 10.0 Å². The number of benzene rings is 1. The van der Waals surface area contributed by atoms with Crippen LogP contribution >= 0.6 is 11.6 Å². The van der Waals surface area contributed by atoms with Gasteiger partial charge in [0, 0.05) is 24.5 Å². The minimum absolute atomic E-state index is 0.184. The summed E-state index contributed by atoms with van der Waals surface area (Å²) in [5.41, 5.74) is 0.549. The number of hydrogen-bond acceptors (Lipinski definition) is 3. The molecule has 5 nitrogen and oxygen atoms in total. The van der Waals surface area contributed by atoms with E-state index in [1.54, 1.807) is 12.1 Å². The van der Waals surface area contributed by atoms with Crippen molar-refractivity contribution in [3.05, 3.63) is 24.3 Å². The van der Waals surface area contributed by atoms with Gasteiger partial charge in [-0.3, -0.25) is 4.79 Å². The molecule has 0 spiro atoms. The molecule has 0 bridgehead atoms. The summed E-state index contributed by atoms with van der Waals surface area (Å²) in [5, 5.41) is 2.64. The first-order chi connectivity index (χ1) is 9.49. The first-order valence-corrected chi connectivity index (χ1v) is 8.47. The van der Waals surface area contributed by atoms with Crippen molar-refractivity contribution in [3.8, 4) is 0 Å². The minimum Gasteiger partial charge on any atom is -0.326 e. The van der Waals surface area contributed by atoms with Gasteiger partial charge >= 0.3 is 0 Å². The van der Waals surface area contributed by atoms with Crippen molar-refractivity contribution in [1.82, 2.24) is 4.72 Å². The summed E-state index contributed by atoms with van der Waals surface area (Å²) < 4.78 is 26.4. The van der Waals surface area contributed by atoms with Gasteiger partial charge in [0.25, 0.3) is 0 Å². The second-order valence-electron chi connectivity index (χ2n) is 4.26. The van der Waals surface area contributed by atoms with E-state index in [0.29, 0.717) is 12.2 Å². The van der Waals surface area contributed by atoms with Crippen molar-refractivity contribution in [1.29, 1.82) is 0 Å². The molecule has 0 saturated heterocycles. The topological polar surface area (TPSA) is 75.3 Å². The Kier molecular flexibility index (Phi) is 6.98. The van der Waals surface area contributed by atoms with Crippen LogP contribution in [0.3, 0.4) is 0 Å². The van der Waals surface area contributed by atoms with Crippen molar-refractivity contribution in [2.24, 2.45) is 0 Å². The van der Waals surface area contributed by atoms with E-state index in [1.165, 1.54) is 12.1 Å². The van der Waals surface area contributed by atoms with Crippen LogP contribution in [-0.2, 0) is 14.8 Å². The van der Waals surface area contributed by atoms with Gasteiger partial charge in [0.2, 0.25) is 15.9 Å². The summed E-state index contributed by atoms with van der Waals surface area (Å²) in [6, 6.07) is 6.04. The Labute approximate surface area is 124 Å². The van der Waals surface area contributed by atoms with Gasteiger partial charge in [-0.15, -0.1) is 11.6 Å². The lowest BCUT2D eigenvalue weighted by atomic mass is 10.3. The fraction of sp³-hybridized carbons (Fsp3) is 0.462. The molecule has 1 rings (SSSR count). The van der Waals surface area contributed by atoms with Gasteiger partial charge in [-0.1, -0.05) is 13.3 Å². The third kappa shape index (κ3) is 5.48. The molecule has 1 amide bonds. The van der Waals surface area contributed by atoms with Crippen molar-refractivity contribution in [2.45, 2.75) is 31.1 Å². The average molecular weight is 319 g/mol. The molecular weight excluding hydrogens is 300 g/mol. The lowest BCUT2D eigenvalue weighted by molar-refractivity contribution is -0.115. The van der Waals surface area contributed by atoms with E-state index in [1.807, 2.05) is 6.92 Å². The second-order valence-corrected chi connectivity index (χ2v) is 6.41. The number of halogens is 1. The number of unbranched alkanes of at least 4 members (excludes halogenated alkanes) is 1. The smallest absolute Gasteiger partial charge is 0.240 e. The molecule has 0 unspecified atom stereocenters. The highest BCUT2D eigenvalue weighted by atomic mass is 35.5. The van der Waals surface area contributed by atoms with Crippen LogP contribution in [-0.4, -0.2) is 26.7 Å². The van der Waals surface area contributed by atoms with Gasteiger partial charge in [0.15, 0.2) is 0 Å². The van der Waals surface area contributed by atoms with Gasteiger partial charge < -0.3 is 5.32 Å². The summed E-state index contributed by atoms with van der Waals surface area (Å²) in [7, 11) is -3.47.